The zero-order valence-electron chi connectivity index (χ0n) is 43.6. The molecule has 4 heterocycles. The van der Waals surface area contributed by atoms with Gasteiger partial charge < -0.3 is 15.5 Å². The predicted octanol–water partition coefficient (Wildman–Crippen LogP) is 16.4. The molecule has 2 N–H and O–H groups in total. The van der Waals surface area contributed by atoms with E-state index in [1.165, 1.54) is 122 Å². The fraction of sp³-hybridized carbons (Fsp3) is 0.590. The van der Waals surface area contributed by atoms with Crippen LogP contribution in [0.4, 0.5) is 17.1 Å². The Kier molecular flexibility index (Phi) is 16.5. The second kappa shape index (κ2) is 21.6. The van der Waals surface area contributed by atoms with Gasteiger partial charge in [0.05, 0.1) is 5.69 Å². The Morgan fingerprint density at radius 2 is 1.22 bits per heavy atom. The number of nitrogens with one attached hydrogen (secondary N) is 2. The summed E-state index contributed by atoms with van der Waals surface area (Å²) in [5.74, 6) is 1.91. The first-order valence-corrected chi connectivity index (χ1v) is 27.1. The highest BCUT2D eigenvalue weighted by molar-refractivity contribution is 9.10. The van der Waals surface area contributed by atoms with Crippen molar-refractivity contribution in [1.82, 2.24) is 4.90 Å². The molecule has 5 nitrogen and oxygen atoms in total. The molecule has 67 heavy (non-hydrogen) atoms. The standard InChI is InChI=1S/C24H38N2.C22H26BrNO.C15H23N/c1-23(2,3)21-10-14-25-22-9-8-19(16-20(21)22)17-26-15-7-13-24(18-26)11-5-4-6-12-24;1-15(25)24-11-10-19(22(2,3)4)18-13-17(14-20(23)21(18)24)12-16-8-6-5-7-9-16;1-11-7-8-14-12(10-11)13(15(2,3)4)6-5-9-16-14/h8-9,16,21,25H,4-7,10-15,17-18H2,1-3H3;5-9,13-14,19H,10-12H2,1-4H3;7-8,10,13,16H,5-6,9H2,1-4H3. The van der Waals surface area contributed by atoms with Crippen LogP contribution in [-0.2, 0) is 17.8 Å². The lowest BCUT2D eigenvalue weighted by atomic mass is 9.69. The third-order valence-corrected chi connectivity index (χ3v) is 16.7. The molecule has 1 amide bonds. The summed E-state index contributed by atoms with van der Waals surface area (Å²) in [6.07, 6.45) is 16.0. The number of aryl methyl sites for hydroxylation is 1. The third kappa shape index (κ3) is 13.0. The van der Waals surface area contributed by atoms with Crippen molar-refractivity contribution in [2.45, 2.75) is 178 Å². The van der Waals surface area contributed by atoms with Crippen LogP contribution in [-0.4, -0.2) is 43.5 Å². The van der Waals surface area contributed by atoms with Crippen LogP contribution in [0, 0.1) is 28.6 Å². The Hall–Kier alpha value is -3.61. The van der Waals surface area contributed by atoms with Crippen molar-refractivity contribution < 1.29 is 4.79 Å². The van der Waals surface area contributed by atoms with E-state index in [9.17, 15) is 4.79 Å². The number of piperidine rings is 1. The van der Waals surface area contributed by atoms with Crippen molar-refractivity contribution in [1.29, 1.82) is 0 Å². The van der Waals surface area contributed by atoms with Crippen molar-refractivity contribution in [2.24, 2.45) is 21.7 Å². The molecule has 0 radical (unpaired) electrons. The van der Waals surface area contributed by atoms with E-state index in [0.717, 1.165) is 49.2 Å². The average molecular weight is 972 g/mol. The number of hydrogen-bond acceptors (Lipinski definition) is 4. The number of rotatable bonds is 4. The van der Waals surface area contributed by atoms with Crippen molar-refractivity contribution in [3.8, 4) is 0 Å². The second-order valence-electron chi connectivity index (χ2n) is 24.6. The molecular formula is C61H87BrN4O. The minimum absolute atomic E-state index is 0.116. The summed E-state index contributed by atoms with van der Waals surface area (Å²) in [6.45, 7) is 31.8. The van der Waals surface area contributed by atoms with Gasteiger partial charge in [-0.1, -0.05) is 148 Å². The molecule has 4 aromatic carbocycles. The van der Waals surface area contributed by atoms with Gasteiger partial charge in [0.1, 0.15) is 0 Å². The van der Waals surface area contributed by atoms with Gasteiger partial charge in [-0.3, -0.25) is 9.69 Å². The van der Waals surface area contributed by atoms with Crippen LogP contribution in [0.1, 0.15) is 197 Å². The summed E-state index contributed by atoms with van der Waals surface area (Å²) in [7, 11) is 0. The lowest BCUT2D eigenvalue weighted by molar-refractivity contribution is -0.116. The van der Waals surface area contributed by atoms with E-state index < -0.39 is 0 Å². The second-order valence-corrected chi connectivity index (χ2v) is 25.4. The third-order valence-electron chi connectivity index (χ3n) is 16.1. The number of nitrogens with zero attached hydrogens (tertiary/aromatic N) is 2. The van der Waals surface area contributed by atoms with Crippen LogP contribution in [0.25, 0.3) is 0 Å². The maximum atomic E-state index is 12.2. The number of benzene rings is 4. The average Bonchev–Trinajstić information content (AvgIpc) is 3.49. The molecule has 0 aromatic heterocycles. The summed E-state index contributed by atoms with van der Waals surface area (Å²) in [5.41, 5.74) is 15.2. The first-order valence-electron chi connectivity index (χ1n) is 26.3. The molecule has 2 fully saturated rings. The highest BCUT2D eigenvalue weighted by Crippen LogP contribution is 2.49. The van der Waals surface area contributed by atoms with Gasteiger partial charge in [0.15, 0.2) is 0 Å². The smallest absolute Gasteiger partial charge is 0.223 e. The van der Waals surface area contributed by atoms with Gasteiger partial charge >= 0.3 is 0 Å². The number of likely N-dealkylation sites (tertiary alicyclic amines) is 1. The zero-order valence-corrected chi connectivity index (χ0v) is 45.2. The van der Waals surface area contributed by atoms with Crippen LogP contribution in [0.5, 0.6) is 0 Å². The normalized spacial score (nSPS) is 21.7. The minimum Gasteiger partial charge on any atom is -0.385 e. The summed E-state index contributed by atoms with van der Waals surface area (Å²) in [4.78, 5) is 16.8. The van der Waals surface area contributed by atoms with Crippen molar-refractivity contribution >= 4 is 38.9 Å². The zero-order chi connectivity index (χ0) is 48.1. The van der Waals surface area contributed by atoms with E-state index in [1.54, 1.807) is 12.5 Å². The Morgan fingerprint density at radius 3 is 1.90 bits per heavy atom. The monoisotopic (exact) mass is 971 g/mol. The molecule has 3 atom stereocenters. The predicted molar refractivity (Wildman–Crippen MR) is 291 cm³/mol. The van der Waals surface area contributed by atoms with E-state index in [2.05, 4.69) is 173 Å². The maximum Gasteiger partial charge on any atom is 0.223 e. The van der Waals surface area contributed by atoms with Gasteiger partial charge in [0.25, 0.3) is 0 Å². The topological polar surface area (TPSA) is 47.6 Å². The Morgan fingerprint density at radius 1 is 0.627 bits per heavy atom. The Balaban J connectivity index is 0.000000154. The van der Waals surface area contributed by atoms with Gasteiger partial charge in [-0.05, 0) is 178 Å². The lowest BCUT2D eigenvalue weighted by Gasteiger charge is -2.45. The number of carbonyl (C=O) groups excluding carboxylic acids is 1. The minimum atomic E-state index is 0.116. The number of hydrogen-bond donors (Lipinski definition) is 2. The number of anilines is 3. The number of fused-ring (bicyclic) bond motifs is 3. The highest BCUT2D eigenvalue weighted by atomic mass is 79.9. The number of carbonyl (C=O) groups is 1. The summed E-state index contributed by atoms with van der Waals surface area (Å²) >= 11 is 3.76. The maximum absolute atomic E-state index is 12.2. The molecular weight excluding hydrogens is 885 g/mol. The molecule has 1 saturated carbocycles. The molecule has 3 unspecified atom stereocenters. The van der Waals surface area contributed by atoms with Crippen LogP contribution < -0.4 is 15.5 Å². The fourth-order valence-electron chi connectivity index (χ4n) is 12.6. The highest BCUT2D eigenvalue weighted by Gasteiger charge is 2.38. The summed E-state index contributed by atoms with van der Waals surface area (Å²) < 4.78 is 1.03. The van der Waals surface area contributed by atoms with Crippen molar-refractivity contribution in [3.05, 3.63) is 122 Å². The Labute approximate surface area is 416 Å². The van der Waals surface area contributed by atoms with Crippen molar-refractivity contribution in [3.63, 3.8) is 0 Å². The summed E-state index contributed by atoms with van der Waals surface area (Å²) in [6, 6.07) is 29.1. The molecule has 4 aromatic rings. The molecule has 5 aliphatic rings. The van der Waals surface area contributed by atoms with Gasteiger partial charge in [-0.2, -0.15) is 0 Å². The molecule has 1 saturated heterocycles. The van der Waals surface area contributed by atoms with E-state index >= 15 is 0 Å². The summed E-state index contributed by atoms with van der Waals surface area (Å²) in [5, 5.41) is 7.18. The molecule has 1 spiro atoms. The number of amides is 1. The van der Waals surface area contributed by atoms with Gasteiger partial charge in [-0.15, -0.1) is 0 Å². The first kappa shape index (κ1) is 51.2. The van der Waals surface area contributed by atoms with E-state index in [1.807, 2.05) is 11.0 Å². The van der Waals surface area contributed by atoms with Crippen LogP contribution in [0.2, 0.25) is 0 Å². The molecule has 4 aliphatic heterocycles. The first-order chi connectivity index (χ1) is 31.7. The van der Waals surface area contributed by atoms with Gasteiger partial charge in [0.2, 0.25) is 5.91 Å². The largest absolute Gasteiger partial charge is 0.385 e. The van der Waals surface area contributed by atoms with E-state index in [4.69, 9.17) is 0 Å². The van der Waals surface area contributed by atoms with Gasteiger partial charge in [-0.25, -0.2) is 0 Å². The van der Waals surface area contributed by atoms with Crippen LogP contribution in [0.15, 0.2) is 83.3 Å². The lowest BCUT2D eigenvalue weighted by Crippen LogP contribution is -2.43. The quantitative estimate of drug-likeness (QED) is 0.214. The molecule has 364 valence electrons. The van der Waals surface area contributed by atoms with Crippen LogP contribution in [0.3, 0.4) is 0 Å². The Bertz CT molecular complexity index is 2270. The van der Waals surface area contributed by atoms with Crippen molar-refractivity contribution in [2.75, 3.05) is 48.3 Å². The fourth-order valence-corrected chi connectivity index (χ4v) is 13.3. The molecule has 6 heteroatoms. The molecule has 1 aliphatic carbocycles. The molecule has 0 bridgehead atoms. The number of halogens is 1. The molecule has 9 rings (SSSR count). The van der Waals surface area contributed by atoms with E-state index in [0.29, 0.717) is 34.0 Å². The van der Waals surface area contributed by atoms with E-state index in [-0.39, 0.29) is 11.3 Å². The van der Waals surface area contributed by atoms with Gasteiger partial charge in [0, 0.05) is 55.5 Å². The SMILES string of the molecule is CC(=O)N1CCC(C(C)(C)C)c2cc(Cc3ccccc3)cc(Br)c21.CC(C)(C)C1CCNc2ccc(CN3CCCC4(CCCCC4)C3)cc21.Cc1ccc2c(c1)C(C(C)(C)C)CCCN2. The van der Waals surface area contributed by atoms with Crippen LogP contribution >= 0.6 is 15.9 Å².